The van der Waals surface area contributed by atoms with Gasteiger partial charge in [-0.2, -0.15) is 0 Å². The molecule has 0 aliphatic rings. The smallest absolute Gasteiger partial charge is 0.0314 e. The van der Waals surface area contributed by atoms with E-state index in [1.165, 1.54) is 17.7 Å². The lowest BCUT2D eigenvalue weighted by molar-refractivity contribution is 0.555. The molecule has 1 rings (SSSR count). The first-order chi connectivity index (χ1) is 7.08. The maximum atomic E-state index is 5.65. The Balaban J connectivity index is 2.37. The summed E-state index contributed by atoms with van der Waals surface area (Å²) in [5.41, 5.74) is 6.49. The van der Waals surface area contributed by atoms with Gasteiger partial charge in [0.05, 0.1) is 0 Å². The second-order valence-electron chi connectivity index (χ2n) is 4.47. The highest BCUT2D eigenvalue weighted by molar-refractivity contribution is 7.99. The van der Waals surface area contributed by atoms with Gasteiger partial charge >= 0.3 is 0 Å². The topological polar surface area (TPSA) is 26.0 Å². The van der Waals surface area contributed by atoms with E-state index in [-0.39, 0.29) is 0 Å². The maximum absolute atomic E-state index is 5.65. The number of rotatable bonds is 5. The first kappa shape index (κ1) is 12.4. The maximum Gasteiger partial charge on any atom is 0.0314 e. The van der Waals surface area contributed by atoms with Crippen LogP contribution in [0, 0.1) is 5.92 Å². The van der Waals surface area contributed by atoms with Crippen molar-refractivity contribution in [2.24, 2.45) is 5.92 Å². The molecule has 1 aromatic rings. The van der Waals surface area contributed by atoms with Gasteiger partial charge in [0.25, 0.3) is 0 Å². The summed E-state index contributed by atoms with van der Waals surface area (Å²) in [4.78, 5) is 1.32. The second kappa shape index (κ2) is 6.06. The Morgan fingerprint density at radius 1 is 1.07 bits per heavy atom. The first-order valence-electron chi connectivity index (χ1n) is 5.60. The zero-order valence-electron chi connectivity index (χ0n) is 9.86. The number of benzene rings is 1. The molecule has 0 heterocycles. The summed E-state index contributed by atoms with van der Waals surface area (Å²) in [6.07, 6.45) is 2.59. The molecule has 0 saturated heterocycles. The predicted molar refractivity (Wildman–Crippen MR) is 70.2 cm³/mol. The minimum Gasteiger partial charge on any atom is -0.399 e. The third kappa shape index (κ3) is 5.12. The fourth-order valence-corrected chi connectivity index (χ4v) is 2.42. The fraction of sp³-hybridized carbons (Fsp3) is 0.538. The second-order valence-corrected chi connectivity index (χ2v) is 5.98. The molecule has 0 aliphatic carbocycles. The van der Waals surface area contributed by atoms with E-state index in [0.717, 1.165) is 11.6 Å². The molecule has 15 heavy (non-hydrogen) atoms. The minimum absolute atomic E-state index is 0.691. The van der Waals surface area contributed by atoms with Gasteiger partial charge in [-0.25, -0.2) is 0 Å². The van der Waals surface area contributed by atoms with Crippen molar-refractivity contribution in [3.05, 3.63) is 24.3 Å². The van der Waals surface area contributed by atoms with E-state index in [4.69, 9.17) is 5.73 Å². The van der Waals surface area contributed by atoms with E-state index in [0.29, 0.717) is 5.25 Å². The molecule has 0 spiro atoms. The van der Waals surface area contributed by atoms with Crippen LogP contribution < -0.4 is 5.73 Å². The van der Waals surface area contributed by atoms with Crippen LogP contribution in [0.1, 0.15) is 33.6 Å². The molecular weight excluding hydrogens is 202 g/mol. The number of nitrogen functional groups attached to an aromatic ring is 1. The van der Waals surface area contributed by atoms with Crippen LogP contribution in [0.5, 0.6) is 0 Å². The molecule has 84 valence electrons. The van der Waals surface area contributed by atoms with Crippen molar-refractivity contribution in [3.8, 4) is 0 Å². The van der Waals surface area contributed by atoms with Gasteiger partial charge in [-0.1, -0.05) is 20.8 Å². The molecule has 1 aromatic carbocycles. The summed E-state index contributed by atoms with van der Waals surface area (Å²) in [7, 11) is 0. The van der Waals surface area contributed by atoms with Gasteiger partial charge in [0.1, 0.15) is 0 Å². The molecule has 1 nitrogen and oxygen atoms in total. The highest BCUT2D eigenvalue weighted by atomic mass is 32.2. The van der Waals surface area contributed by atoms with Crippen LogP contribution in [0.4, 0.5) is 5.69 Å². The van der Waals surface area contributed by atoms with Crippen molar-refractivity contribution in [1.82, 2.24) is 0 Å². The standard InChI is InChI=1S/C13H21NS/c1-10(2)4-5-11(3)15-13-8-6-12(14)7-9-13/h6-11H,4-5,14H2,1-3H3. The SMILES string of the molecule is CC(C)CCC(C)Sc1ccc(N)cc1. The number of hydrogen-bond donors (Lipinski definition) is 1. The molecule has 0 saturated carbocycles. The fourth-order valence-electron chi connectivity index (χ4n) is 1.41. The molecule has 1 atom stereocenters. The molecule has 0 aromatic heterocycles. The van der Waals surface area contributed by atoms with Crippen molar-refractivity contribution in [1.29, 1.82) is 0 Å². The van der Waals surface area contributed by atoms with E-state index in [1.807, 2.05) is 23.9 Å². The van der Waals surface area contributed by atoms with Gasteiger partial charge in [0.15, 0.2) is 0 Å². The number of nitrogens with two attached hydrogens (primary N) is 1. The summed E-state index contributed by atoms with van der Waals surface area (Å²) < 4.78 is 0. The van der Waals surface area contributed by atoms with Crippen molar-refractivity contribution in [3.63, 3.8) is 0 Å². The molecule has 0 amide bonds. The predicted octanol–water partition coefficient (Wildman–Crippen LogP) is 4.19. The van der Waals surface area contributed by atoms with Crippen LogP contribution in [-0.2, 0) is 0 Å². The van der Waals surface area contributed by atoms with E-state index >= 15 is 0 Å². The van der Waals surface area contributed by atoms with Crippen LogP contribution in [0.2, 0.25) is 0 Å². The summed E-state index contributed by atoms with van der Waals surface area (Å²) in [5, 5.41) is 0.691. The molecule has 0 bridgehead atoms. The lowest BCUT2D eigenvalue weighted by Gasteiger charge is -2.12. The van der Waals surface area contributed by atoms with Crippen LogP contribution in [0.25, 0.3) is 0 Å². The Kier molecular flexibility index (Phi) is 5.03. The average molecular weight is 223 g/mol. The highest BCUT2D eigenvalue weighted by Crippen LogP contribution is 2.27. The van der Waals surface area contributed by atoms with Crippen molar-refractivity contribution in [2.45, 2.75) is 43.8 Å². The van der Waals surface area contributed by atoms with Crippen LogP contribution in [-0.4, -0.2) is 5.25 Å². The number of anilines is 1. The molecule has 0 fully saturated rings. The summed E-state index contributed by atoms with van der Waals surface area (Å²) >= 11 is 1.94. The summed E-state index contributed by atoms with van der Waals surface area (Å²) in [6.45, 7) is 6.85. The highest BCUT2D eigenvalue weighted by Gasteiger charge is 2.05. The molecule has 2 heteroatoms. The summed E-state index contributed by atoms with van der Waals surface area (Å²) in [5.74, 6) is 0.805. The zero-order valence-corrected chi connectivity index (χ0v) is 10.7. The number of hydrogen-bond acceptors (Lipinski definition) is 2. The van der Waals surface area contributed by atoms with E-state index in [9.17, 15) is 0 Å². The van der Waals surface area contributed by atoms with Crippen LogP contribution >= 0.6 is 11.8 Å². The Hall–Kier alpha value is -0.630. The Bertz CT molecular complexity index is 279. The van der Waals surface area contributed by atoms with E-state index < -0.39 is 0 Å². The van der Waals surface area contributed by atoms with Gasteiger partial charge in [0, 0.05) is 15.8 Å². The molecule has 0 radical (unpaired) electrons. The monoisotopic (exact) mass is 223 g/mol. The van der Waals surface area contributed by atoms with Crippen LogP contribution in [0.15, 0.2) is 29.2 Å². The average Bonchev–Trinajstić information content (AvgIpc) is 2.19. The molecule has 0 aliphatic heterocycles. The van der Waals surface area contributed by atoms with Crippen molar-refractivity contribution < 1.29 is 0 Å². The minimum atomic E-state index is 0.691. The van der Waals surface area contributed by atoms with E-state index in [1.54, 1.807) is 0 Å². The van der Waals surface area contributed by atoms with Gasteiger partial charge in [0.2, 0.25) is 0 Å². The lowest BCUT2D eigenvalue weighted by atomic mass is 10.1. The quantitative estimate of drug-likeness (QED) is 0.598. The largest absolute Gasteiger partial charge is 0.399 e. The van der Waals surface area contributed by atoms with Gasteiger partial charge in [-0.3, -0.25) is 0 Å². The zero-order chi connectivity index (χ0) is 11.3. The van der Waals surface area contributed by atoms with Gasteiger partial charge in [-0.05, 0) is 43.0 Å². The van der Waals surface area contributed by atoms with Gasteiger partial charge in [-0.15, -0.1) is 11.8 Å². The van der Waals surface area contributed by atoms with Crippen molar-refractivity contribution in [2.75, 3.05) is 5.73 Å². The first-order valence-corrected chi connectivity index (χ1v) is 6.48. The van der Waals surface area contributed by atoms with Crippen molar-refractivity contribution >= 4 is 17.4 Å². The molecular formula is C13H21NS. The normalized spacial score (nSPS) is 13.1. The van der Waals surface area contributed by atoms with E-state index in [2.05, 4.69) is 32.9 Å². The van der Waals surface area contributed by atoms with Crippen LogP contribution in [0.3, 0.4) is 0 Å². The molecule has 2 N–H and O–H groups in total. The van der Waals surface area contributed by atoms with Gasteiger partial charge < -0.3 is 5.73 Å². The number of thioether (sulfide) groups is 1. The lowest BCUT2D eigenvalue weighted by Crippen LogP contribution is -1.99. The Morgan fingerprint density at radius 2 is 1.67 bits per heavy atom. The molecule has 1 unspecified atom stereocenters. The third-order valence-electron chi connectivity index (χ3n) is 2.37. The summed E-state index contributed by atoms with van der Waals surface area (Å²) in [6, 6.07) is 8.15. The Labute approximate surface area is 97.4 Å². The Morgan fingerprint density at radius 3 is 2.20 bits per heavy atom. The third-order valence-corrected chi connectivity index (χ3v) is 3.55.